The average Bonchev–Trinajstić information content (AvgIpc) is 2.70. The molecule has 3 aromatic carbocycles. The highest BCUT2D eigenvalue weighted by molar-refractivity contribution is 6.31. The molecule has 0 fully saturated rings. The number of carbonyl (C=O) groups excluding carboxylic acids is 1. The molecule has 0 bridgehead atoms. The van der Waals surface area contributed by atoms with Gasteiger partial charge in [0.15, 0.2) is 6.61 Å². The second-order valence-electron chi connectivity index (χ2n) is 5.98. The Morgan fingerprint density at radius 1 is 1.00 bits per heavy atom. The lowest BCUT2D eigenvalue weighted by molar-refractivity contribution is -0.123. The number of rotatable bonds is 7. The van der Waals surface area contributed by atoms with Crippen LogP contribution in [0.2, 0.25) is 5.02 Å². The first-order valence-electron chi connectivity index (χ1n) is 8.64. The Morgan fingerprint density at radius 3 is 2.57 bits per heavy atom. The van der Waals surface area contributed by atoms with Crippen molar-refractivity contribution in [2.24, 2.45) is 5.10 Å². The van der Waals surface area contributed by atoms with Gasteiger partial charge in [-0.15, -0.1) is 0 Å². The summed E-state index contributed by atoms with van der Waals surface area (Å²) in [6.45, 7) is 1.73. The van der Waals surface area contributed by atoms with E-state index < -0.39 is 0 Å². The molecule has 1 amide bonds. The van der Waals surface area contributed by atoms with E-state index in [0.29, 0.717) is 16.5 Å². The third kappa shape index (κ3) is 5.86. The van der Waals surface area contributed by atoms with Gasteiger partial charge in [-0.3, -0.25) is 4.79 Å². The van der Waals surface area contributed by atoms with Crippen LogP contribution in [-0.4, -0.2) is 18.7 Å². The summed E-state index contributed by atoms with van der Waals surface area (Å²) in [5.74, 6) is 1.65. The van der Waals surface area contributed by atoms with E-state index in [1.807, 2.05) is 61.5 Å². The van der Waals surface area contributed by atoms with Crippen molar-refractivity contribution in [3.05, 3.63) is 88.9 Å². The van der Waals surface area contributed by atoms with Crippen molar-refractivity contribution in [2.45, 2.75) is 6.92 Å². The second kappa shape index (κ2) is 9.58. The van der Waals surface area contributed by atoms with Gasteiger partial charge in [-0.25, -0.2) is 5.43 Å². The van der Waals surface area contributed by atoms with Crippen LogP contribution in [0.1, 0.15) is 11.1 Å². The zero-order valence-electron chi connectivity index (χ0n) is 15.3. The summed E-state index contributed by atoms with van der Waals surface area (Å²) < 4.78 is 11.2. The zero-order valence-corrected chi connectivity index (χ0v) is 16.0. The fourth-order valence-electron chi connectivity index (χ4n) is 2.35. The number of benzene rings is 3. The maximum Gasteiger partial charge on any atom is 0.277 e. The molecule has 0 aliphatic heterocycles. The van der Waals surface area contributed by atoms with Gasteiger partial charge in [0.2, 0.25) is 0 Å². The number of nitrogens with zero attached hydrogens (tertiary/aromatic N) is 1. The quantitative estimate of drug-likeness (QED) is 0.454. The molecule has 0 unspecified atom stereocenters. The molecule has 3 aromatic rings. The third-order valence-corrected chi connectivity index (χ3v) is 4.16. The predicted molar refractivity (Wildman–Crippen MR) is 110 cm³/mol. The Bertz CT molecular complexity index is 975. The Kier molecular flexibility index (Phi) is 6.65. The van der Waals surface area contributed by atoms with Gasteiger partial charge in [0.1, 0.15) is 17.2 Å². The average molecular weight is 395 g/mol. The van der Waals surface area contributed by atoms with Crippen LogP contribution < -0.4 is 14.9 Å². The fraction of sp³-hybridized carbons (Fsp3) is 0.0909. The molecule has 0 heterocycles. The normalized spacial score (nSPS) is 10.6. The molecule has 3 rings (SSSR count). The number of carbonyl (C=O) groups is 1. The number of hydrazone groups is 1. The van der Waals surface area contributed by atoms with E-state index in [2.05, 4.69) is 10.5 Å². The first-order valence-corrected chi connectivity index (χ1v) is 9.02. The molecule has 0 radical (unpaired) electrons. The molecule has 0 spiro atoms. The van der Waals surface area contributed by atoms with E-state index in [1.54, 1.807) is 24.4 Å². The van der Waals surface area contributed by atoms with E-state index in [1.165, 1.54) is 0 Å². The topological polar surface area (TPSA) is 59.9 Å². The van der Waals surface area contributed by atoms with Crippen molar-refractivity contribution in [2.75, 3.05) is 6.61 Å². The molecular weight excluding hydrogens is 376 g/mol. The molecule has 142 valence electrons. The lowest BCUT2D eigenvalue weighted by atomic mass is 10.2. The van der Waals surface area contributed by atoms with Gasteiger partial charge < -0.3 is 9.47 Å². The Hall–Kier alpha value is -3.31. The third-order valence-electron chi connectivity index (χ3n) is 3.74. The van der Waals surface area contributed by atoms with E-state index in [0.717, 1.165) is 16.9 Å². The van der Waals surface area contributed by atoms with Crippen molar-refractivity contribution >= 4 is 23.7 Å². The summed E-state index contributed by atoms with van der Waals surface area (Å²) in [5, 5.41) is 4.61. The van der Waals surface area contributed by atoms with Crippen LogP contribution in [0.5, 0.6) is 17.2 Å². The van der Waals surface area contributed by atoms with Gasteiger partial charge >= 0.3 is 0 Å². The SMILES string of the molecule is Cc1cc(OCC(=O)NN=Cc2cccc(Oc3ccccc3)c2)ccc1Cl. The summed E-state index contributed by atoms with van der Waals surface area (Å²) in [4.78, 5) is 11.9. The molecule has 0 saturated carbocycles. The van der Waals surface area contributed by atoms with Crippen LogP contribution in [0.4, 0.5) is 0 Å². The number of hydrogen-bond acceptors (Lipinski definition) is 4. The van der Waals surface area contributed by atoms with Crippen molar-refractivity contribution in [3.8, 4) is 17.2 Å². The van der Waals surface area contributed by atoms with Gasteiger partial charge in [-0.05, 0) is 60.5 Å². The number of halogens is 1. The molecule has 28 heavy (non-hydrogen) atoms. The summed E-state index contributed by atoms with van der Waals surface area (Å²) in [6.07, 6.45) is 1.54. The minimum atomic E-state index is -0.361. The lowest BCUT2D eigenvalue weighted by Gasteiger charge is -2.07. The highest BCUT2D eigenvalue weighted by atomic mass is 35.5. The van der Waals surface area contributed by atoms with Crippen molar-refractivity contribution in [3.63, 3.8) is 0 Å². The fourth-order valence-corrected chi connectivity index (χ4v) is 2.47. The van der Waals surface area contributed by atoms with Gasteiger partial charge in [-0.2, -0.15) is 5.10 Å². The maximum absolute atomic E-state index is 11.9. The first kappa shape index (κ1) is 19.5. The zero-order chi connectivity index (χ0) is 19.8. The van der Waals surface area contributed by atoms with E-state index in [-0.39, 0.29) is 12.5 Å². The highest BCUT2D eigenvalue weighted by Gasteiger charge is 2.03. The van der Waals surface area contributed by atoms with Gasteiger partial charge in [0.05, 0.1) is 6.21 Å². The first-order chi connectivity index (χ1) is 13.6. The number of para-hydroxylation sites is 1. The molecule has 0 aliphatic carbocycles. The summed E-state index contributed by atoms with van der Waals surface area (Å²) >= 11 is 5.96. The van der Waals surface area contributed by atoms with Crippen molar-refractivity contribution < 1.29 is 14.3 Å². The largest absolute Gasteiger partial charge is 0.484 e. The molecule has 0 aliphatic rings. The van der Waals surface area contributed by atoms with Crippen LogP contribution in [-0.2, 0) is 4.79 Å². The van der Waals surface area contributed by atoms with Crippen LogP contribution in [0.25, 0.3) is 0 Å². The van der Waals surface area contributed by atoms with Crippen molar-refractivity contribution in [1.82, 2.24) is 5.43 Å². The van der Waals surface area contributed by atoms with Crippen LogP contribution in [0.15, 0.2) is 77.9 Å². The summed E-state index contributed by atoms with van der Waals surface area (Å²) in [5.41, 5.74) is 4.11. The van der Waals surface area contributed by atoms with Crippen LogP contribution in [0.3, 0.4) is 0 Å². The van der Waals surface area contributed by atoms with Gasteiger partial charge in [-0.1, -0.05) is 41.9 Å². The lowest BCUT2D eigenvalue weighted by Crippen LogP contribution is -2.24. The Labute approximate surface area is 168 Å². The summed E-state index contributed by atoms with van der Waals surface area (Å²) in [6, 6.07) is 22.1. The van der Waals surface area contributed by atoms with E-state index >= 15 is 0 Å². The highest BCUT2D eigenvalue weighted by Crippen LogP contribution is 2.22. The van der Waals surface area contributed by atoms with Crippen molar-refractivity contribution in [1.29, 1.82) is 0 Å². The minimum absolute atomic E-state index is 0.143. The maximum atomic E-state index is 11.9. The Morgan fingerprint density at radius 2 is 1.79 bits per heavy atom. The number of amides is 1. The smallest absolute Gasteiger partial charge is 0.277 e. The number of nitrogens with one attached hydrogen (secondary N) is 1. The second-order valence-corrected chi connectivity index (χ2v) is 6.39. The number of hydrogen-bond donors (Lipinski definition) is 1. The van der Waals surface area contributed by atoms with Crippen LogP contribution >= 0.6 is 11.6 Å². The summed E-state index contributed by atoms with van der Waals surface area (Å²) in [7, 11) is 0. The predicted octanol–water partition coefficient (Wildman–Crippen LogP) is 4.97. The molecule has 0 atom stereocenters. The number of aryl methyl sites for hydroxylation is 1. The molecule has 1 N–H and O–H groups in total. The standard InChI is InChI=1S/C22H19ClN2O3/c1-16-12-19(10-11-21(16)23)27-15-22(26)25-24-14-17-6-5-9-20(13-17)28-18-7-3-2-4-8-18/h2-14H,15H2,1H3,(H,25,26). The van der Waals surface area contributed by atoms with Gasteiger partial charge in [0, 0.05) is 5.02 Å². The molecule has 6 heteroatoms. The molecule has 0 saturated heterocycles. The molecule has 5 nitrogen and oxygen atoms in total. The van der Waals surface area contributed by atoms with Gasteiger partial charge in [0.25, 0.3) is 5.91 Å². The number of ether oxygens (including phenoxy) is 2. The van der Waals surface area contributed by atoms with E-state index in [9.17, 15) is 4.79 Å². The minimum Gasteiger partial charge on any atom is -0.484 e. The molecule has 0 aromatic heterocycles. The Balaban J connectivity index is 1.50. The van der Waals surface area contributed by atoms with E-state index in [4.69, 9.17) is 21.1 Å². The monoisotopic (exact) mass is 394 g/mol. The van der Waals surface area contributed by atoms with Crippen LogP contribution in [0, 0.1) is 6.92 Å². The molecular formula is C22H19ClN2O3.